The van der Waals surface area contributed by atoms with Crippen LogP contribution in [0.4, 0.5) is 32.0 Å². The van der Waals surface area contributed by atoms with Crippen LogP contribution in [0.2, 0.25) is 0 Å². The van der Waals surface area contributed by atoms with Gasteiger partial charge in [-0.15, -0.1) is 0 Å². The minimum absolute atomic E-state index is 0.00750. The molecule has 45 heavy (non-hydrogen) atoms. The molecular weight excluding hydrogens is 598 g/mol. The molecule has 1 saturated heterocycles. The fourth-order valence-electron chi connectivity index (χ4n) is 7.04. The molecule has 2 aliphatic rings. The minimum atomic E-state index is -5.07. The van der Waals surface area contributed by atoms with Gasteiger partial charge >= 0.3 is 12.4 Å². The van der Waals surface area contributed by atoms with Crippen LogP contribution in [0.25, 0.3) is 0 Å². The van der Waals surface area contributed by atoms with E-state index in [-0.39, 0.29) is 35.9 Å². The number of hydrogen-bond donors (Lipinski definition) is 1. The lowest BCUT2D eigenvalue weighted by molar-refractivity contribution is -0.143. The number of nitrogens with one attached hydrogen (secondary N) is 1. The number of amides is 2. The van der Waals surface area contributed by atoms with Crippen molar-refractivity contribution in [3.8, 4) is 0 Å². The van der Waals surface area contributed by atoms with E-state index in [1.807, 2.05) is 23.1 Å². The molecule has 6 nitrogen and oxygen atoms in total. The molecule has 2 atom stereocenters. The van der Waals surface area contributed by atoms with E-state index in [0.717, 1.165) is 47.6 Å². The summed E-state index contributed by atoms with van der Waals surface area (Å²) >= 11 is 0. The zero-order valence-electron chi connectivity index (χ0n) is 24.9. The predicted octanol–water partition coefficient (Wildman–Crippen LogP) is 6.81. The molecule has 2 amide bonds. The van der Waals surface area contributed by atoms with E-state index < -0.39 is 35.0 Å². The van der Waals surface area contributed by atoms with Crippen molar-refractivity contribution in [2.45, 2.75) is 62.3 Å². The molecule has 0 radical (unpaired) electrons. The molecule has 0 bridgehead atoms. The van der Waals surface area contributed by atoms with Crippen LogP contribution >= 0.6 is 0 Å². The Morgan fingerprint density at radius 2 is 1.58 bits per heavy atom. The normalized spacial score (nSPS) is 18.5. The smallest absolute Gasteiger partial charge is 0.341 e. The number of para-hydroxylation sites is 1. The second-order valence-electron chi connectivity index (χ2n) is 11.9. The van der Waals surface area contributed by atoms with Gasteiger partial charge in [0.05, 0.1) is 11.1 Å². The summed E-state index contributed by atoms with van der Waals surface area (Å²) in [5.41, 5.74) is -1.23. The molecule has 1 N–H and O–H groups in total. The Labute approximate surface area is 257 Å². The Bertz CT molecular complexity index is 1500. The lowest BCUT2D eigenvalue weighted by Gasteiger charge is -2.42. The number of benzene rings is 2. The minimum Gasteiger partial charge on any atom is -0.341 e. The van der Waals surface area contributed by atoms with Gasteiger partial charge in [-0.1, -0.05) is 18.2 Å². The van der Waals surface area contributed by atoms with Gasteiger partial charge in [-0.3, -0.25) is 14.6 Å². The van der Waals surface area contributed by atoms with Gasteiger partial charge in [-0.2, -0.15) is 26.3 Å². The maximum Gasteiger partial charge on any atom is 0.416 e. The number of fused-ring (bicyclic) bond motifs is 2. The summed E-state index contributed by atoms with van der Waals surface area (Å²) in [5, 5.41) is 3.41. The topological polar surface area (TPSA) is 65.5 Å². The van der Waals surface area contributed by atoms with E-state index in [4.69, 9.17) is 0 Å². The molecule has 5 rings (SSSR count). The second kappa shape index (κ2) is 12.5. The Kier molecular flexibility index (Phi) is 8.99. The molecule has 1 spiro atoms. The van der Waals surface area contributed by atoms with Crippen molar-refractivity contribution in [2.24, 2.45) is 0 Å². The average molecular weight is 633 g/mol. The first kappa shape index (κ1) is 32.5. The van der Waals surface area contributed by atoms with Gasteiger partial charge in [-0.05, 0) is 86.3 Å². The van der Waals surface area contributed by atoms with E-state index in [9.17, 15) is 35.9 Å². The Balaban J connectivity index is 1.44. The number of nitrogens with zero attached hydrogens (tertiary/aromatic N) is 3. The lowest BCUT2D eigenvalue weighted by Crippen LogP contribution is -2.51. The van der Waals surface area contributed by atoms with Crippen LogP contribution < -0.4 is 10.2 Å². The van der Waals surface area contributed by atoms with Crippen LogP contribution in [0, 0.1) is 0 Å². The summed E-state index contributed by atoms with van der Waals surface area (Å²) in [5.74, 6) is -1.38. The second-order valence-corrected chi connectivity index (χ2v) is 11.9. The van der Waals surface area contributed by atoms with Crippen LogP contribution in [-0.2, 0) is 22.6 Å². The highest BCUT2D eigenvalue weighted by atomic mass is 19.4. The number of rotatable bonds is 7. The first-order valence-electron chi connectivity index (χ1n) is 14.8. The number of piperidine rings is 1. The van der Waals surface area contributed by atoms with Crippen molar-refractivity contribution < 1.29 is 35.9 Å². The molecule has 0 aliphatic carbocycles. The zero-order chi connectivity index (χ0) is 32.6. The van der Waals surface area contributed by atoms with Crippen LogP contribution in [0.3, 0.4) is 0 Å². The van der Waals surface area contributed by atoms with Crippen molar-refractivity contribution in [1.29, 1.82) is 0 Å². The molecule has 0 saturated carbocycles. The Morgan fingerprint density at radius 3 is 2.16 bits per heavy atom. The number of hydrogen-bond acceptors (Lipinski definition) is 4. The predicted molar refractivity (Wildman–Crippen MR) is 157 cm³/mol. The molecular formula is C33H34F6N4O2. The number of anilines is 1. The number of halogens is 6. The molecule has 240 valence electrons. The summed E-state index contributed by atoms with van der Waals surface area (Å²) in [6.45, 7) is 3.15. The van der Waals surface area contributed by atoms with Crippen molar-refractivity contribution in [1.82, 2.24) is 15.2 Å². The summed E-state index contributed by atoms with van der Waals surface area (Å²) in [6.07, 6.45) is -4.24. The van der Waals surface area contributed by atoms with Gasteiger partial charge in [0, 0.05) is 61.5 Å². The number of carbonyl (C=O) groups excluding carboxylic acids is 2. The molecule has 2 aliphatic heterocycles. The quantitative estimate of drug-likeness (QED) is 0.291. The van der Waals surface area contributed by atoms with Crippen LogP contribution in [-0.4, -0.2) is 54.4 Å². The van der Waals surface area contributed by atoms with Crippen molar-refractivity contribution in [3.63, 3.8) is 0 Å². The van der Waals surface area contributed by atoms with Gasteiger partial charge < -0.3 is 15.1 Å². The first-order valence-corrected chi connectivity index (χ1v) is 14.8. The SMILES string of the molecule is CC(=O)N1c2ccccc2C2(CCNCC2)[C@H]1CCC(CN(C)C(=O)c1cc(C(F)(F)F)cc(C(F)(F)F)c1)c1ccncc1. The van der Waals surface area contributed by atoms with E-state index >= 15 is 0 Å². The zero-order valence-corrected chi connectivity index (χ0v) is 24.9. The fraction of sp³-hybridized carbons (Fsp3) is 0.424. The third-order valence-electron chi connectivity index (χ3n) is 9.13. The number of likely N-dealkylation sites (N-methyl/N-ethyl adjacent to an activating group) is 1. The van der Waals surface area contributed by atoms with Crippen LogP contribution in [0.5, 0.6) is 0 Å². The van der Waals surface area contributed by atoms with Crippen molar-refractivity contribution >= 4 is 17.5 Å². The highest BCUT2D eigenvalue weighted by Gasteiger charge is 2.52. The Morgan fingerprint density at radius 1 is 0.978 bits per heavy atom. The highest BCUT2D eigenvalue weighted by Crippen LogP contribution is 2.52. The summed E-state index contributed by atoms with van der Waals surface area (Å²) < 4.78 is 80.9. The number of alkyl halides is 6. The molecule has 1 unspecified atom stereocenters. The largest absolute Gasteiger partial charge is 0.416 e. The lowest BCUT2D eigenvalue weighted by atomic mass is 9.68. The fourth-order valence-corrected chi connectivity index (χ4v) is 7.04. The maximum absolute atomic E-state index is 13.5. The number of pyridine rings is 1. The van der Waals surface area contributed by atoms with E-state index in [2.05, 4.69) is 16.4 Å². The monoisotopic (exact) mass is 632 g/mol. The molecule has 1 aromatic heterocycles. The third kappa shape index (κ3) is 6.56. The van der Waals surface area contributed by atoms with Crippen LogP contribution in [0.1, 0.15) is 71.1 Å². The van der Waals surface area contributed by atoms with Gasteiger partial charge in [0.2, 0.25) is 5.91 Å². The number of carbonyl (C=O) groups is 2. The summed E-state index contributed by atoms with van der Waals surface area (Å²) in [6, 6.07) is 12.2. The van der Waals surface area contributed by atoms with E-state index in [1.54, 1.807) is 31.5 Å². The Hall–Kier alpha value is -3.93. The van der Waals surface area contributed by atoms with Crippen molar-refractivity contribution in [2.75, 3.05) is 31.6 Å². The maximum atomic E-state index is 13.5. The van der Waals surface area contributed by atoms with Gasteiger partial charge in [0.15, 0.2) is 0 Å². The third-order valence-corrected chi connectivity index (χ3v) is 9.13. The van der Waals surface area contributed by atoms with Gasteiger partial charge in [0.1, 0.15) is 0 Å². The standard InChI is InChI=1S/C33H34F6N4O2/c1-21(44)43-28-6-4-3-5-27(28)31(11-15-41-16-12-31)29(43)8-7-23(22-9-13-40-14-10-22)20-42(2)30(45)24-17-25(32(34,35)36)19-26(18-24)33(37,38)39/h3-6,9-10,13-14,17-19,23,29,41H,7-8,11-12,15-16,20H2,1-2H3/t23?,29-/m1/s1. The highest BCUT2D eigenvalue weighted by molar-refractivity contribution is 5.96. The van der Waals surface area contributed by atoms with Gasteiger partial charge in [-0.25, -0.2) is 0 Å². The number of aromatic nitrogens is 1. The summed E-state index contributed by atoms with van der Waals surface area (Å²) in [4.78, 5) is 33.5. The molecule has 3 aromatic rings. The van der Waals surface area contributed by atoms with Crippen LogP contribution in [0.15, 0.2) is 67.0 Å². The average Bonchev–Trinajstić information content (AvgIpc) is 3.27. The molecule has 1 fully saturated rings. The molecule has 3 heterocycles. The summed E-state index contributed by atoms with van der Waals surface area (Å²) in [7, 11) is 1.37. The van der Waals surface area contributed by atoms with Gasteiger partial charge in [0.25, 0.3) is 5.91 Å². The first-order chi connectivity index (χ1) is 21.2. The van der Waals surface area contributed by atoms with E-state index in [0.29, 0.717) is 25.0 Å². The van der Waals surface area contributed by atoms with E-state index in [1.165, 1.54) is 7.05 Å². The van der Waals surface area contributed by atoms with Crippen molar-refractivity contribution in [3.05, 3.63) is 94.8 Å². The molecule has 12 heteroatoms. The molecule has 2 aromatic carbocycles.